The standard InChI is InChI=1S/C23H24FN3O2S/c1-3-21(22(28)25-17-8-9-17)27(18-10-12-19(29-2)13-11-18)23-26-20(14-30-23)15-4-6-16(24)7-5-15/h4-7,10-14,17,21H,3,8-9H2,1-2H3,(H,25,28)/t21-/m0/s1. The van der Waals surface area contributed by atoms with Crippen molar-refractivity contribution in [3.05, 3.63) is 59.7 Å². The average Bonchev–Trinajstić information content (AvgIpc) is 3.45. The molecule has 1 aliphatic carbocycles. The molecule has 0 radical (unpaired) electrons. The number of thiazole rings is 1. The third-order valence-corrected chi connectivity index (χ3v) is 5.95. The first-order valence-corrected chi connectivity index (χ1v) is 10.9. The lowest BCUT2D eigenvalue weighted by Crippen LogP contribution is -2.45. The van der Waals surface area contributed by atoms with Crippen molar-refractivity contribution in [2.75, 3.05) is 12.0 Å². The highest BCUT2D eigenvalue weighted by atomic mass is 32.1. The van der Waals surface area contributed by atoms with E-state index in [-0.39, 0.29) is 23.8 Å². The number of hydrogen-bond donors (Lipinski definition) is 1. The van der Waals surface area contributed by atoms with E-state index in [0.717, 1.165) is 40.7 Å². The van der Waals surface area contributed by atoms with Gasteiger partial charge in [-0.05, 0) is 67.8 Å². The van der Waals surface area contributed by atoms with Gasteiger partial charge in [-0.25, -0.2) is 9.37 Å². The molecule has 3 aromatic rings. The number of aromatic nitrogens is 1. The fourth-order valence-corrected chi connectivity index (χ4v) is 4.21. The van der Waals surface area contributed by atoms with E-state index >= 15 is 0 Å². The van der Waals surface area contributed by atoms with E-state index in [4.69, 9.17) is 9.72 Å². The van der Waals surface area contributed by atoms with Crippen LogP contribution in [0, 0.1) is 5.82 Å². The van der Waals surface area contributed by atoms with Crippen LogP contribution in [0.3, 0.4) is 0 Å². The maximum absolute atomic E-state index is 13.3. The number of anilines is 2. The fourth-order valence-electron chi connectivity index (χ4n) is 3.30. The van der Waals surface area contributed by atoms with Gasteiger partial charge in [-0.1, -0.05) is 6.92 Å². The van der Waals surface area contributed by atoms with Gasteiger partial charge in [0.05, 0.1) is 12.8 Å². The summed E-state index contributed by atoms with van der Waals surface area (Å²) in [6, 6.07) is 13.8. The van der Waals surface area contributed by atoms with Crippen LogP contribution in [-0.4, -0.2) is 30.1 Å². The van der Waals surface area contributed by atoms with Crippen molar-refractivity contribution in [1.29, 1.82) is 0 Å². The molecule has 1 heterocycles. The van der Waals surface area contributed by atoms with Crippen molar-refractivity contribution in [3.8, 4) is 17.0 Å². The Kier molecular flexibility index (Phi) is 5.99. The second kappa shape index (κ2) is 8.83. The molecule has 30 heavy (non-hydrogen) atoms. The number of amides is 1. The summed E-state index contributed by atoms with van der Waals surface area (Å²) in [5.41, 5.74) is 2.46. The average molecular weight is 426 g/mol. The Hall–Kier alpha value is -2.93. The molecular formula is C23H24FN3O2S. The quantitative estimate of drug-likeness (QED) is 0.542. The molecule has 0 spiro atoms. The molecular weight excluding hydrogens is 401 g/mol. The topological polar surface area (TPSA) is 54.5 Å². The molecule has 7 heteroatoms. The largest absolute Gasteiger partial charge is 0.497 e. The minimum absolute atomic E-state index is 0.00866. The van der Waals surface area contributed by atoms with Crippen LogP contribution in [0.2, 0.25) is 0 Å². The van der Waals surface area contributed by atoms with Crippen molar-refractivity contribution in [2.24, 2.45) is 0 Å². The minimum atomic E-state index is -0.383. The van der Waals surface area contributed by atoms with Gasteiger partial charge in [0.1, 0.15) is 17.6 Å². The first-order valence-electron chi connectivity index (χ1n) is 10.0. The van der Waals surface area contributed by atoms with Crippen LogP contribution in [-0.2, 0) is 4.79 Å². The summed E-state index contributed by atoms with van der Waals surface area (Å²) in [5.74, 6) is 0.478. The molecule has 0 unspecified atom stereocenters. The van der Waals surface area contributed by atoms with E-state index in [1.807, 2.05) is 41.5 Å². The number of rotatable bonds is 8. The number of carbonyl (C=O) groups excluding carboxylic acids is 1. The highest BCUT2D eigenvalue weighted by molar-refractivity contribution is 7.14. The van der Waals surface area contributed by atoms with Gasteiger partial charge < -0.3 is 15.0 Å². The van der Waals surface area contributed by atoms with E-state index in [9.17, 15) is 9.18 Å². The van der Waals surface area contributed by atoms with Gasteiger partial charge in [-0.15, -0.1) is 11.3 Å². The molecule has 0 bridgehead atoms. The number of nitrogens with zero attached hydrogens (tertiary/aromatic N) is 2. The second-order valence-electron chi connectivity index (χ2n) is 7.30. The number of methoxy groups -OCH3 is 1. The molecule has 1 N–H and O–H groups in total. The van der Waals surface area contributed by atoms with E-state index in [1.54, 1.807) is 19.2 Å². The lowest BCUT2D eigenvalue weighted by molar-refractivity contribution is -0.122. The number of halogens is 1. The zero-order valence-corrected chi connectivity index (χ0v) is 17.8. The molecule has 1 fully saturated rings. The van der Waals surface area contributed by atoms with Crippen molar-refractivity contribution in [3.63, 3.8) is 0 Å². The first-order chi connectivity index (χ1) is 14.6. The predicted octanol–water partition coefficient (Wildman–Crippen LogP) is 5.15. The van der Waals surface area contributed by atoms with Crippen LogP contribution in [0.4, 0.5) is 15.2 Å². The van der Waals surface area contributed by atoms with Crippen molar-refractivity contribution in [1.82, 2.24) is 10.3 Å². The first kappa shape index (κ1) is 20.3. The zero-order chi connectivity index (χ0) is 21.1. The molecule has 1 aromatic heterocycles. The van der Waals surface area contributed by atoms with Gasteiger partial charge in [0.15, 0.2) is 5.13 Å². The smallest absolute Gasteiger partial charge is 0.243 e. The summed E-state index contributed by atoms with van der Waals surface area (Å²) in [5, 5.41) is 5.78. The second-order valence-corrected chi connectivity index (χ2v) is 8.13. The van der Waals surface area contributed by atoms with Gasteiger partial charge in [0.2, 0.25) is 5.91 Å². The molecule has 1 atom stereocenters. The number of hydrogen-bond acceptors (Lipinski definition) is 5. The number of nitrogens with one attached hydrogen (secondary N) is 1. The Morgan fingerprint density at radius 1 is 1.23 bits per heavy atom. The SMILES string of the molecule is CC[C@@H](C(=O)NC1CC1)N(c1ccc(OC)cc1)c1nc(-c2ccc(F)cc2)cs1. The molecule has 5 nitrogen and oxygen atoms in total. The summed E-state index contributed by atoms with van der Waals surface area (Å²) in [7, 11) is 1.63. The van der Waals surface area contributed by atoms with Gasteiger partial charge in [-0.2, -0.15) is 0 Å². The number of carbonyl (C=O) groups is 1. The summed E-state index contributed by atoms with van der Waals surface area (Å²) in [4.78, 5) is 19.8. The molecule has 156 valence electrons. The molecule has 0 aliphatic heterocycles. The summed E-state index contributed by atoms with van der Waals surface area (Å²) in [6.07, 6.45) is 2.71. The summed E-state index contributed by atoms with van der Waals surface area (Å²) < 4.78 is 18.6. The van der Waals surface area contributed by atoms with Crippen LogP contribution in [0.25, 0.3) is 11.3 Å². The van der Waals surface area contributed by atoms with E-state index < -0.39 is 0 Å². The lowest BCUT2D eigenvalue weighted by atomic mass is 10.1. The van der Waals surface area contributed by atoms with Crippen LogP contribution in [0.15, 0.2) is 53.9 Å². The van der Waals surface area contributed by atoms with Gasteiger partial charge >= 0.3 is 0 Å². The zero-order valence-electron chi connectivity index (χ0n) is 17.0. The van der Waals surface area contributed by atoms with Gasteiger partial charge in [0, 0.05) is 22.7 Å². The van der Waals surface area contributed by atoms with Crippen LogP contribution >= 0.6 is 11.3 Å². The van der Waals surface area contributed by atoms with Crippen LogP contribution in [0.1, 0.15) is 26.2 Å². The van der Waals surface area contributed by atoms with Crippen molar-refractivity contribution >= 4 is 28.1 Å². The molecule has 1 saturated carbocycles. The van der Waals surface area contributed by atoms with Gasteiger partial charge in [-0.3, -0.25) is 4.79 Å². The molecule has 1 amide bonds. The third kappa shape index (κ3) is 4.46. The molecule has 0 saturated heterocycles. The van der Waals surface area contributed by atoms with Crippen molar-refractivity contribution in [2.45, 2.75) is 38.3 Å². The maximum Gasteiger partial charge on any atom is 0.243 e. The van der Waals surface area contributed by atoms with Gasteiger partial charge in [0.25, 0.3) is 0 Å². The number of benzene rings is 2. The highest BCUT2D eigenvalue weighted by Crippen LogP contribution is 2.35. The van der Waals surface area contributed by atoms with Crippen LogP contribution < -0.4 is 15.0 Å². The molecule has 1 aliphatic rings. The Bertz CT molecular complexity index is 1000. The van der Waals surface area contributed by atoms with E-state index in [2.05, 4.69) is 5.32 Å². The fraction of sp³-hybridized carbons (Fsp3) is 0.304. The Balaban J connectivity index is 1.70. The lowest BCUT2D eigenvalue weighted by Gasteiger charge is -2.30. The number of ether oxygens (including phenoxy) is 1. The third-order valence-electron chi connectivity index (χ3n) is 5.11. The van der Waals surface area contributed by atoms with Crippen LogP contribution in [0.5, 0.6) is 5.75 Å². The summed E-state index contributed by atoms with van der Waals surface area (Å²) in [6.45, 7) is 2.00. The highest BCUT2D eigenvalue weighted by Gasteiger charge is 2.32. The summed E-state index contributed by atoms with van der Waals surface area (Å²) >= 11 is 1.47. The maximum atomic E-state index is 13.3. The Morgan fingerprint density at radius 3 is 2.53 bits per heavy atom. The molecule has 2 aromatic carbocycles. The normalized spacial score (nSPS) is 14.2. The monoisotopic (exact) mass is 425 g/mol. The van der Waals surface area contributed by atoms with E-state index in [0.29, 0.717) is 6.42 Å². The Labute approximate surface area is 179 Å². The van der Waals surface area contributed by atoms with E-state index in [1.165, 1.54) is 23.5 Å². The minimum Gasteiger partial charge on any atom is -0.497 e. The van der Waals surface area contributed by atoms with Crippen molar-refractivity contribution < 1.29 is 13.9 Å². The Morgan fingerprint density at radius 2 is 1.93 bits per heavy atom. The predicted molar refractivity (Wildman–Crippen MR) is 118 cm³/mol. The molecule has 4 rings (SSSR count).